The number of amides is 1. The number of carbonyl (C=O) groups is 1. The van der Waals surface area contributed by atoms with E-state index >= 15 is 0 Å². The van der Waals surface area contributed by atoms with Crippen LogP contribution >= 0.6 is 0 Å². The van der Waals surface area contributed by atoms with E-state index < -0.39 is 5.41 Å². The van der Waals surface area contributed by atoms with Crippen molar-refractivity contribution in [3.8, 4) is 0 Å². The van der Waals surface area contributed by atoms with E-state index in [2.05, 4.69) is 28.1 Å². The number of nitrogens with zero attached hydrogens (tertiary/aromatic N) is 3. The van der Waals surface area contributed by atoms with Crippen molar-refractivity contribution in [3.05, 3.63) is 66.0 Å². The van der Waals surface area contributed by atoms with Crippen LogP contribution in [0.4, 0.5) is 0 Å². The monoisotopic (exact) mass is 362 g/mol. The summed E-state index contributed by atoms with van der Waals surface area (Å²) in [6, 6.07) is 18.3. The minimum atomic E-state index is -0.453. The van der Waals surface area contributed by atoms with Gasteiger partial charge in [0.25, 0.3) is 0 Å². The second kappa shape index (κ2) is 7.16. The molecule has 27 heavy (non-hydrogen) atoms. The summed E-state index contributed by atoms with van der Waals surface area (Å²) in [5, 5.41) is 3.39. The molecule has 1 fully saturated rings. The summed E-state index contributed by atoms with van der Waals surface area (Å²) in [7, 11) is 3.91. The van der Waals surface area contributed by atoms with Gasteiger partial charge in [0.1, 0.15) is 5.82 Å². The fourth-order valence-corrected chi connectivity index (χ4v) is 4.22. The molecular formula is C22H26N4O. The van der Waals surface area contributed by atoms with Gasteiger partial charge >= 0.3 is 0 Å². The number of imidazole rings is 1. The van der Waals surface area contributed by atoms with Crippen LogP contribution in [-0.4, -0.2) is 40.5 Å². The first-order valence-corrected chi connectivity index (χ1v) is 9.54. The Labute approximate surface area is 160 Å². The van der Waals surface area contributed by atoms with Gasteiger partial charge in [0.2, 0.25) is 5.91 Å². The molecule has 1 saturated heterocycles. The van der Waals surface area contributed by atoms with Gasteiger partial charge in [0.05, 0.1) is 23.0 Å². The van der Waals surface area contributed by atoms with Crippen LogP contribution in [0.1, 0.15) is 24.2 Å². The number of hydrogen-bond acceptors (Lipinski definition) is 3. The molecule has 3 aromatic rings. The third kappa shape index (κ3) is 3.12. The molecule has 1 aliphatic heterocycles. The maximum atomic E-state index is 13.6. The Hall–Kier alpha value is -2.66. The highest BCUT2D eigenvalue weighted by molar-refractivity contribution is 5.88. The molecule has 0 bridgehead atoms. The lowest BCUT2D eigenvalue weighted by Crippen LogP contribution is -2.51. The summed E-state index contributed by atoms with van der Waals surface area (Å²) >= 11 is 0. The van der Waals surface area contributed by atoms with E-state index in [1.807, 2.05) is 55.4 Å². The van der Waals surface area contributed by atoms with Crippen molar-refractivity contribution in [1.82, 2.24) is 19.8 Å². The van der Waals surface area contributed by atoms with Crippen LogP contribution in [0.25, 0.3) is 11.0 Å². The Morgan fingerprint density at radius 3 is 2.48 bits per heavy atom. The fraction of sp³-hybridized carbons (Fsp3) is 0.364. The Kier molecular flexibility index (Phi) is 4.70. The van der Waals surface area contributed by atoms with E-state index in [1.165, 1.54) is 0 Å². The van der Waals surface area contributed by atoms with Crippen LogP contribution in [0.3, 0.4) is 0 Å². The average molecular weight is 362 g/mol. The van der Waals surface area contributed by atoms with Crippen molar-refractivity contribution in [3.63, 3.8) is 0 Å². The molecule has 0 saturated carbocycles. The number of benzene rings is 2. The third-order valence-corrected chi connectivity index (χ3v) is 5.80. The highest BCUT2D eigenvalue weighted by Gasteiger charge is 2.42. The molecule has 0 atom stereocenters. The molecule has 1 amide bonds. The van der Waals surface area contributed by atoms with Crippen LogP contribution in [0, 0.1) is 0 Å². The second-order valence-electron chi connectivity index (χ2n) is 7.44. The Balaban J connectivity index is 1.64. The summed E-state index contributed by atoms with van der Waals surface area (Å²) in [6.45, 7) is 2.23. The van der Waals surface area contributed by atoms with Gasteiger partial charge in [0, 0.05) is 14.1 Å². The highest BCUT2D eigenvalue weighted by atomic mass is 16.2. The first-order valence-electron chi connectivity index (χ1n) is 9.54. The highest BCUT2D eigenvalue weighted by Crippen LogP contribution is 2.35. The maximum absolute atomic E-state index is 13.6. The Morgan fingerprint density at radius 2 is 1.78 bits per heavy atom. The molecule has 0 aliphatic carbocycles. The molecule has 1 aliphatic rings. The standard InChI is InChI=1S/C22H26N4O/c1-25(16-20-24-18-10-6-7-11-19(18)26(20)2)21(27)22(12-14-23-15-13-22)17-8-4-3-5-9-17/h3-11,23H,12-16H2,1-2H3. The van der Waals surface area contributed by atoms with Crippen LogP contribution in [0.5, 0.6) is 0 Å². The molecule has 1 N–H and O–H groups in total. The van der Waals surface area contributed by atoms with Crippen molar-refractivity contribution < 1.29 is 4.79 Å². The molecule has 1 aromatic heterocycles. The van der Waals surface area contributed by atoms with Crippen molar-refractivity contribution in [2.24, 2.45) is 7.05 Å². The minimum absolute atomic E-state index is 0.183. The molecule has 2 heterocycles. The van der Waals surface area contributed by atoms with Gasteiger partial charge in [-0.25, -0.2) is 4.98 Å². The van der Waals surface area contributed by atoms with Gasteiger partial charge < -0.3 is 14.8 Å². The average Bonchev–Trinajstić information content (AvgIpc) is 3.04. The lowest BCUT2D eigenvalue weighted by Gasteiger charge is -2.39. The van der Waals surface area contributed by atoms with Gasteiger partial charge in [-0.05, 0) is 43.6 Å². The predicted molar refractivity (Wildman–Crippen MR) is 107 cm³/mol. The van der Waals surface area contributed by atoms with E-state index in [4.69, 9.17) is 4.98 Å². The van der Waals surface area contributed by atoms with E-state index in [0.29, 0.717) is 6.54 Å². The molecule has 0 spiro atoms. The number of para-hydroxylation sites is 2. The normalized spacial score (nSPS) is 16.4. The zero-order chi connectivity index (χ0) is 18.9. The van der Waals surface area contributed by atoms with Crippen molar-refractivity contribution in [1.29, 1.82) is 0 Å². The summed E-state index contributed by atoms with van der Waals surface area (Å²) < 4.78 is 2.08. The SMILES string of the molecule is CN(Cc1nc2ccccc2n1C)C(=O)C1(c2ccccc2)CCNCC1. The number of aromatic nitrogens is 2. The first kappa shape index (κ1) is 17.7. The fourth-order valence-electron chi connectivity index (χ4n) is 4.22. The Morgan fingerprint density at radius 1 is 1.11 bits per heavy atom. The summed E-state index contributed by atoms with van der Waals surface area (Å²) in [5.41, 5.74) is 2.73. The maximum Gasteiger partial charge on any atom is 0.233 e. The number of nitrogens with one attached hydrogen (secondary N) is 1. The second-order valence-corrected chi connectivity index (χ2v) is 7.44. The number of piperidine rings is 1. The molecule has 0 unspecified atom stereocenters. The summed E-state index contributed by atoms with van der Waals surface area (Å²) in [6.07, 6.45) is 1.64. The molecule has 0 radical (unpaired) electrons. The van der Waals surface area contributed by atoms with E-state index in [9.17, 15) is 4.79 Å². The zero-order valence-electron chi connectivity index (χ0n) is 16.0. The number of rotatable bonds is 4. The number of likely N-dealkylation sites (N-methyl/N-ethyl adjacent to an activating group) is 1. The molecule has 2 aromatic carbocycles. The number of hydrogen-bond donors (Lipinski definition) is 1. The Bertz CT molecular complexity index is 941. The van der Waals surface area contributed by atoms with Gasteiger partial charge in [0.15, 0.2) is 0 Å². The third-order valence-electron chi connectivity index (χ3n) is 5.80. The van der Waals surface area contributed by atoms with E-state index in [-0.39, 0.29) is 5.91 Å². The van der Waals surface area contributed by atoms with Gasteiger partial charge in [-0.2, -0.15) is 0 Å². The van der Waals surface area contributed by atoms with Crippen molar-refractivity contribution in [2.45, 2.75) is 24.8 Å². The quantitative estimate of drug-likeness (QED) is 0.776. The minimum Gasteiger partial charge on any atom is -0.338 e. The van der Waals surface area contributed by atoms with Gasteiger partial charge in [-0.1, -0.05) is 42.5 Å². The predicted octanol–water partition coefficient (Wildman–Crippen LogP) is 2.85. The number of fused-ring (bicyclic) bond motifs is 1. The van der Waals surface area contributed by atoms with Crippen molar-refractivity contribution in [2.75, 3.05) is 20.1 Å². The molecule has 5 heteroatoms. The summed E-state index contributed by atoms with van der Waals surface area (Å²) in [4.78, 5) is 20.2. The molecule has 5 nitrogen and oxygen atoms in total. The smallest absolute Gasteiger partial charge is 0.233 e. The zero-order valence-corrected chi connectivity index (χ0v) is 16.0. The van der Waals surface area contributed by atoms with Crippen molar-refractivity contribution >= 4 is 16.9 Å². The van der Waals surface area contributed by atoms with Gasteiger partial charge in [-0.3, -0.25) is 4.79 Å². The molecule has 140 valence electrons. The summed E-state index contributed by atoms with van der Waals surface area (Å²) in [5.74, 6) is 1.09. The van der Waals surface area contributed by atoms with Crippen LogP contribution in [0.15, 0.2) is 54.6 Å². The topological polar surface area (TPSA) is 50.2 Å². The van der Waals surface area contributed by atoms with Crippen LogP contribution in [0.2, 0.25) is 0 Å². The van der Waals surface area contributed by atoms with E-state index in [0.717, 1.165) is 48.4 Å². The lowest BCUT2D eigenvalue weighted by molar-refractivity contribution is -0.138. The van der Waals surface area contributed by atoms with E-state index in [1.54, 1.807) is 0 Å². The number of aryl methyl sites for hydroxylation is 1. The molecule has 4 rings (SSSR count). The van der Waals surface area contributed by atoms with Crippen LogP contribution < -0.4 is 5.32 Å². The van der Waals surface area contributed by atoms with Crippen LogP contribution in [-0.2, 0) is 23.8 Å². The molecular weight excluding hydrogens is 336 g/mol. The largest absolute Gasteiger partial charge is 0.338 e. The lowest BCUT2D eigenvalue weighted by atomic mass is 9.72. The van der Waals surface area contributed by atoms with Gasteiger partial charge in [-0.15, -0.1) is 0 Å². The first-order chi connectivity index (χ1) is 13.1. The number of carbonyl (C=O) groups excluding carboxylic acids is 1.